The van der Waals surface area contributed by atoms with Crippen molar-refractivity contribution < 1.29 is 0 Å². The van der Waals surface area contributed by atoms with E-state index in [-0.39, 0.29) is 0 Å². The topological polar surface area (TPSA) is 97.1 Å². The van der Waals surface area contributed by atoms with Crippen LogP contribution in [-0.4, -0.2) is 25.3 Å². The zero-order valence-electron chi connectivity index (χ0n) is 14.6. The molecular weight excluding hydrogens is 320 g/mol. The minimum atomic E-state index is -0.504. The van der Waals surface area contributed by atoms with Crippen LogP contribution in [0.3, 0.4) is 0 Å². The van der Waals surface area contributed by atoms with Crippen molar-refractivity contribution in [2.75, 3.05) is 5.43 Å². The van der Waals surface area contributed by atoms with Crippen molar-refractivity contribution in [3.05, 3.63) is 56.2 Å². The van der Waals surface area contributed by atoms with Crippen LogP contribution >= 0.6 is 0 Å². The van der Waals surface area contributed by atoms with Gasteiger partial charge in [-0.25, -0.2) is 10.2 Å². The predicted molar refractivity (Wildman–Crippen MR) is 98.3 cm³/mol. The van der Waals surface area contributed by atoms with E-state index in [2.05, 4.69) is 46.5 Å². The molecule has 2 N–H and O–H groups in total. The number of rotatable bonds is 4. The average Bonchev–Trinajstić information content (AvgIpc) is 2.91. The molecule has 0 radical (unpaired) electrons. The SMILES string of the molecule is CC(C)c1ccc(/C=N/Nc2nc3c(c(=O)[nH]c(=O)n3C)n2C)cc1. The van der Waals surface area contributed by atoms with Crippen molar-refractivity contribution >= 4 is 23.3 Å². The van der Waals surface area contributed by atoms with Crippen LogP contribution in [0.4, 0.5) is 5.95 Å². The maximum Gasteiger partial charge on any atom is 0.329 e. The molecule has 0 aliphatic heterocycles. The van der Waals surface area contributed by atoms with Crippen LogP contribution in [-0.2, 0) is 14.1 Å². The van der Waals surface area contributed by atoms with Gasteiger partial charge in [0.05, 0.1) is 6.21 Å². The number of benzene rings is 1. The van der Waals surface area contributed by atoms with Gasteiger partial charge in [-0.1, -0.05) is 38.1 Å². The van der Waals surface area contributed by atoms with E-state index in [1.165, 1.54) is 10.1 Å². The van der Waals surface area contributed by atoms with Crippen molar-refractivity contribution in [2.24, 2.45) is 19.2 Å². The predicted octanol–water partition coefficient (Wildman–Crippen LogP) is 1.53. The zero-order valence-corrected chi connectivity index (χ0v) is 14.6. The molecule has 1 aromatic carbocycles. The average molecular weight is 340 g/mol. The molecule has 2 heterocycles. The van der Waals surface area contributed by atoms with Gasteiger partial charge < -0.3 is 4.57 Å². The van der Waals surface area contributed by atoms with Gasteiger partial charge in [0.2, 0.25) is 5.95 Å². The summed E-state index contributed by atoms with van der Waals surface area (Å²) in [6.07, 6.45) is 1.67. The highest BCUT2D eigenvalue weighted by Crippen LogP contribution is 2.14. The number of anilines is 1. The first-order valence-electron chi connectivity index (χ1n) is 7.93. The van der Waals surface area contributed by atoms with Gasteiger partial charge in [0.1, 0.15) is 0 Å². The summed E-state index contributed by atoms with van der Waals surface area (Å²) in [5.74, 6) is 0.852. The van der Waals surface area contributed by atoms with Crippen LogP contribution in [0.2, 0.25) is 0 Å². The van der Waals surface area contributed by atoms with Crippen LogP contribution in [0.15, 0.2) is 39.0 Å². The highest BCUT2D eigenvalue weighted by Gasteiger charge is 2.14. The van der Waals surface area contributed by atoms with E-state index in [9.17, 15) is 9.59 Å². The van der Waals surface area contributed by atoms with E-state index in [1.54, 1.807) is 24.9 Å². The van der Waals surface area contributed by atoms with Gasteiger partial charge >= 0.3 is 5.69 Å². The quantitative estimate of drug-likeness (QED) is 0.556. The molecule has 0 aliphatic carbocycles. The molecular formula is C17H20N6O2. The number of H-pyrrole nitrogens is 1. The zero-order chi connectivity index (χ0) is 18.1. The Kier molecular flexibility index (Phi) is 4.26. The summed E-state index contributed by atoms with van der Waals surface area (Å²) in [6, 6.07) is 8.11. The fraction of sp³-hybridized carbons (Fsp3) is 0.294. The Morgan fingerprint density at radius 2 is 1.84 bits per heavy atom. The molecule has 0 aliphatic rings. The molecule has 0 amide bonds. The highest BCUT2D eigenvalue weighted by atomic mass is 16.2. The van der Waals surface area contributed by atoms with E-state index < -0.39 is 11.2 Å². The molecule has 0 fully saturated rings. The Labute approximate surface area is 143 Å². The third-order valence-electron chi connectivity index (χ3n) is 4.12. The molecule has 0 saturated heterocycles. The number of hydrazone groups is 1. The molecule has 0 bridgehead atoms. The monoisotopic (exact) mass is 340 g/mol. The summed E-state index contributed by atoms with van der Waals surface area (Å²) >= 11 is 0. The van der Waals surface area contributed by atoms with Gasteiger partial charge in [-0.15, -0.1) is 0 Å². The second-order valence-corrected chi connectivity index (χ2v) is 6.18. The first-order chi connectivity index (χ1) is 11.9. The van der Waals surface area contributed by atoms with Gasteiger partial charge in [0.15, 0.2) is 11.2 Å². The molecule has 2 aromatic heterocycles. The number of aromatic amines is 1. The number of hydrogen-bond acceptors (Lipinski definition) is 5. The van der Waals surface area contributed by atoms with E-state index in [0.717, 1.165) is 5.56 Å². The Hall–Kier alpha value is -3.16. The minimum absolute atomic E-state index is 0.301. The lowest BCUT2D eigenvalue weighted by Gasteiger charge is -2.04. The van der Waals surface area contributed by atoms with Gasteiger partial charge in [0.25, 0.3) is 5.56 Å². The standard InChI is InChI=1S/C17H20N6O2/c1-10(2)12-7-5-11(6-8-12)9-18-21-16-19-14-13(22(16)3)15(24)20-17(25)23(14)4/h5-10H,1-4H3,(H,19,21)(H,20,24,25)/b18-9+. The largest absolute Gasteiger partial charge is 0.329 e. The van der Waals surface area contributed by atoms with Crippen LogP contribution in [0.1, 0.15) is 30.9 Å². The normalized spacial score (nSPS) is 11.7. The third-order valence-corrected chi connectivity index (χ3v) is 4.12. The van der Waals surface area contributed by atoms with Gasteiger partial charge in [0, 0.05) is 14.1 Å². The molecule has 0 atom stereocenters. The summed E-state index contributed by atoms with van der Waals surface area (Å²) < 4.78 is 2.85. The number of imidazole rings is 1. The van der Waals surface area contributed by atoms with Crippen LogP contribution in [0.5, 0.6) is 0 Å². The number of aryl methyl sites for hydroxylation is 2. The van der Waals surface area contributed by atoms with Gasteiger partial charge in [-0.2, -0.15) is 10.1 Å². The molecule has 8 nitrogen and oxygen atoms in total. The highest BCUT2D eigenvalue weighted by molar-refractivity contribution is 5.80. The Morgan fingerprint density at radius 3 is 2.48 bits per heavy atom. The minimum Gasteiger partial charge on any atom is -0.306 e. The summed E-state index contributed by atoms with van der Waals surface area (Å²) in [6.45, 7) is 4.29. The molecule has 130 valence electrons. The summed E-state index contributed by atoms with van der Waals surface area (Å²) in [7, 11) is 3.24. The van der Waals surface area contributed by atoms with E-state index >= 15 is 0 Å². The Bertz CT molecular complexity index is 1050. The number of hydrogen-bond donors (Lipinski definition) is 2. The number of nitrogens with zero attached hydrogens (tertiary/aromatic N) is 4. The lowest BCUT2D eigenvalue weighted by atomic mass is 10.0. The molecule has 25 heavy (non-hydrogen) atoms. The second-order valence-electron chi connectivity index (χ2n) is 6.18. The lowest BCUT2D eigenvalue weighted by Crippen LogP contribution is -2.29. The fourth-order valence-electron chi connectivity index (χ4n) is 2.54. The first kappa shape index (κ1) is 16.7. The van der Waals surface area contributed by atoms with Crippen LogP contribution in [0.25, 0.3) is 11.2 Å². The Morgan fingerprint density at radius 1 is 1.16 bits per heavy atom. The van der Waals surface area contributed by atoms with Gasteiger partial charge in [-0.05, 0) is 17.0 Å². The van der Waals surface area contributed by atoms with E-state index in [0.29, 0.717) is 23.0 Å². The van der Waals surface area contributed by atoms with Crippen LogP contribution < -0.4 is 16.7 Å². The van der Waals surface area contributed by atoms with E-state index in [4.69, 9.17) is 0 Å². The van der Waals surface area contributed by atoms with E-state index in [1.807, 2.05) is 12.1 Å². The molecule has 8 heteroatoms. The third kappa shape index (κ3) is 3.10. The van der Waals surface area contributed by atoms with Crippen molar-refractivity contribution in [2.45, 2.75) is 19.8 Å². The second kappa shape index (κ2) is 6.39. The summed E-state index contributed by atoms with van der Waals surface area (Å²) in [4.78, 5) is 30.2. The maximum absolute atomic E-state index is 12.0. The molecule has 3 aromatic rings. The lowest BCUT2D eigenvalue weighted by molar-refractivity contribution is 0.829. The summed E-state index contributed by atoms with van der Waals surface area (Å²) in [5.41, 5.74) is 4.65. The Balaban J connectivity index is 1.87. The molecule has 0 unspecified atom stereocenters. The van der Waals surface area contributed by atoms with Crippen molar-refractivity contribution in [1.29, 1.82) is 0 Å². The number of nitrogens with one attached hydrogen (secondary N) is 2. The molecule has 0 spiro atoms. The van der Waals surface area contributed by atoms with Crippen LogP contribution in [0, 0.1) is 0 Å². The van der Waals surface area contributed by atoms with Crippen molar-refractivity contribution in [1.82, 2.24) is 19.1 Å². The molecule has 3 rings (SSSR count). The maximum atomic E-state index is 12.0. The van der Waals surface area contributed by atoms with Crippen molar-refractivity contribution in [3.8, 4) is 0 Å². The fourth-order valence-corrected chi connectivity index (χ4v) is 2.54. The van der Waals surface area contributed by atoms with Gasteiger partial charge in [-0.3, -0.25) is 14.3 Å². The number of fused-ring (bicyclic) bond motifs is 1. The first-order valence-corrected chi connectivity index (χ1v) is 7.93. The summed E-state index contributed by atoms with van der Waals surface area (Å²) in [5, 5.41) is 4.17. The smallest absolute Gasteiger partial charge is 0.306 e. The molecule has 0 saturated carbocycles. The van der Waals surface area contributed by atoms with Crippen molar-refractivity contribution in [3.63, 3.8) is 0 Å². The number of aromatic nitrogens is 4.